The molecule has 8 heteroatoms. The molecule has 1 N–H and O–H groups in total. The summed E-state index contributed by atoms with van der Waals surface area (Å²) in [5.41, 5.74) is 1.59. The Morgan fingerprint density at radius 3 is 2.36 bits per heavy atom. The van der Waals surface area contributed by atoms with Gasteiger partial charge < -0.3 is 4.98 Å². The lowest BCUT2D eigenvalue weighted by Crippen LogP contribution is -2.35. The van der Waals surface area contributed by atoms with E-state index >= 15 is 0 Å². The van der Waals surface area contributed by atoms with E-state index in [0.717, 1.165) is 0 Å². The van der Waals surface area contributed by atoms with Gasteiger partial charge in [-0.2, -0.15) is 0 Å². The molecule has 0 saturated carbocycles. The number of aromatic nitrogens is 1. The highest BCUT2D eigenvalue weighted by Gasteiger charge is 2.42. The maximum atomic E-state index is 12.6. The molecule has 1 amide bonds. The number of carbonyl (C=O) groups is 3. The number of ketones is 2. The van der Waals surface area contributed by atoms with Gasteiger partial charge in [0.05, 0.1) is 11.3 Å². The second kappa shape index (κ2) is 5.66. The van der Waals surface area contributed by atoms with Crippen LogP contribution < -0.4 is 0 Å². The summed E-state index contributed by atoms with van der Waals surface area (Å²) in [5.74, 6) is -1.49. The number of aromatic amines is 1. The van der Waals surface area contributed by atoms with Gasteiger partial charge >= 0.3 is 0 Å². The fourth-order valence-electron chi connectivity index (χ4n) is 3.15. The first-order valence-corrected chi connectivity index (χ1v) is 8.99. The van der Waals surface area contributed by atoms with Crippen molar-refractivity contribution in [1.82, 2.24) is 9.29 Å². The summed E-state index contributed by atoms with van der Waals surface area (Å²) < 4.78 is 25.6. The van der Waals surface area contributed by atoms with Gasteiger partial charge in [0.2, 0.25) is 0 Å². The Morgan fingerprint density at radius 1 is 1.16 bits per heavy atom. The molecule has 1 aromatic heterocycles. The number of amides is 1. The molecule has 25 heavy (non-hydrogen) atoms. The molecule has 0 aliphatic carbocycles. The Balaban J connectivity index is 1.97. The first-order chi connectivity index (χ1) is 11.7. The second-order valence-electron chi connectivity index (χ2n) is 5.92. The Hall–Kier alpha value is -2.74. The van der Waals surface area contributed by atoms with Gasteiger partial charge in [-0.15, -0.1) is 0 Å². The Bertz CT molecular complexity index is 1030. The quantitative estimate of drug-likeness (QED) is 0.838. The van der Waals surface area contributed by atoms with Crippen molar-refractivity contribution in [2.75, 3.05) is 6.54 Å². The number of nitrogens with one attached hydrogen (secondary N) is 1. The fourth-order valence-corrected chi connectivity index (χ4v) is 4.68. The van der Waals surface area contributed by atoms with Crippen LogP contribution in [0.4, 0.5) is 0 Å². The van der Waals surface area contributed by atoms with Gasteiger partial charge in [0.15, 0.2) is 11.6 Å². The molecule has 1 aliphatic heterocycles. The molecule has 0 unspecified atom stereocenters. The van der Waals surface area contributed by atoms with Crippen molar-refractivity contribution in [3.63, 3.8) is 0 Å². The number of aryl methyl sites for hydroxylation is 1. The van der Waals surface area contributed by atoms with Crippen molar-refractivity contribution < 1.29 is 22.8 Å². The minimum Gasteiger partial charge on any atom is -0.355 e. The lowest BCUT2D eigenvalue weighted by atomic mass is 10.1. The number of hydrogen-bond acceptors (Lipinski definition) is 5. The van der Waals surface area contributed by atoms with Gasteiger partial charge in [-0.25, -0.2) is 12.7 Å². The zero-order valence-electron chi connectivity index (χ0n) is 13.9. The number of H-pyrrole nitrogens is 1. The zero-order chi connectivity index (χ0) is 18.5. The van der Waals surface area contributed by atoms with E-state index in [-0.39, 0.29) is 21.9 Å². The predicted octanol–water partition coefficient (Wildman–Crippen LogP) is 1.86. The third-order valence-electron chi connectivity index (χ3n) is 4.27. The molecule has 0 atom stereocenters. The molecule has 2 heterocycles. The molecular weight excluding hydrogens is 344 g/mol. The number of rotatable bonds is 4. The van der Waals surface area contributed by atoms with E-state index in [2.05, 4.69) is 4.98 Å². The second-order valence-corrected chi connectivity index (χ2v) is 7.75. The average molecular weight is 360 g/mol. The third-order valence-corrected chi connectivity index (χ3v) is 6.05. The molecule has 0 saturated heterocycles. The van der Waals surface area contributed by atoms with E-state index in [4.69, 9.17) is 0 Å². The summed E-state index contributed by atoms with van der Waals surface area (Å²) in [6.07, 6.45) is 0. The molecular formula is C17H16N2O5S. The minimum absolute atomic E-state index is 0.0547. The van der Waals surface area contributed by atoms with E-state index in [1.165, 1.54) is 25.1 Å². The Labute approximate surface area is 144 Å². The van der Waals surface area contributed by atoms with Crippen LogP contribution in [0.15, 0.2) is 29.2 Å². The maximum absolute atomic E-state index is 12.6. The highest BCUT2D eigenvalue weighted by atomic mass is 32.2. The normalized spacial score (nSPS) is 15.3. The van der Waals surface area contributed by atoms with Crippen LogP contribution in [-0.2, 0) is 10.0 Å². The van der Waals surface area contributed by atoms with Crippen molar-refractivity contribution in [2.45, 2.75) is 25.7 Å². The van der Waals surface area contributed by atoms with Crippen molar-refractivity contribution in [2.24, 2.45) is 0 Å². The van der Waals surface area contributed by atoms with Gasteiger partial charge in [-0.05, 0) is 38.5 Å². The highest BCUT2D eigenvalue weighted by molar-refractivity contribution is 7.90. The summed E-state index contributed by atoms with van der Waals surface area (Å²) in [6, 6.07) is 5.84. The fraction of sp³-hybridized carbons (Fsp3) is 0.235. The van der Waals surface area contributed by atoms with Gasteiger partial charge in [-0.1, -0.05) is 12.1 Å². The van der Waals surface area contributed by atoms with Crippen molar-refractivity contribution in [1.29, 1.82) is 0 Å². The SMILES string of the molecule is CC(=O)c1c(C)[nH]c(C(=O)CN2C(=O)c3ccccc3S2(=O)=O)c1C. The smallest absolute Gasteiger partial charge is 0.269 e. The van der Waals surface area contributed by atoms with Gasteiger partial charge in [0.25, 0.3) is 15.9 Å². The summed E-state index contributed by atoms with van der Waals surface area (Å²) in [7, 11) is -4.05. The van der Waals surface area contributed by atoms with Gasteiger partial charge in [0, 0.05) is 11.3 Å². The largest absolute Gasteiger partial charge is 0.355 e. The summed E-state index contributed by atoms with van der Waals surface area (Å²) in [5, 5.41) is 0. The van der Waals surface area contributed by atoms with Crippen LogP contribution in [-0.4, -0.2) is 41.7 Å². The molecule has 0 spiro atoms. The first kappa shape index (κ1) is 17.1. The van der Waals surface area contributed by atoms with E-state index in [9.17, 15) is 22.8 Å². The summed E-state index contributed by atoms with van der Waals surface area (Å²) in [4.78, 5) is 39.4. The lowest BCUT2D eigenvalue weighted by Gasteiger charge is -2.14. The number of carbonyl (C=O) groups excluding carboxylic acids is 3. The molecule has 0 radical (unpaired) electrons. The maximum Gasteiger partial charge on any atom is 0.269 e. The van der Waals surface area contributed by atoms with Crippen molar-refractivity contribution in [3.05, 3.63) is 52.3 Å². The minimum atomic E-state index is -4.05. The average Bonchev–Trinajstić information content (AvgIpc) is 2.94. The monoisotopic (exact) mass is 360 g/mol. The topological polar surface area (TPSA) is 104 Å². The first-order valence-electron chi connectivity index (χ1n) is 7.55. The van der Waals surface area contributed by atoms with Crippen LogP contribution >= 0.6 is 0 Å². The highest BCUT2D eigenvalue weighted by Crippen LogP contribution is 2.30. The number of fused-ring (bicyclic) bond motifs is 1. The third kappa shape index (κ3) is 2.49. The van der Waals surface area contributed by atoms with Crippen LogP contribution in [0.2, 0.25) is 0 Å². The summed E-state index contributed by atoms with van der Waals surface area (Å²) >= 11 is 0. The number of hydrogen-bond donors (Lipinski definition) is 1. The van der Waals surface area contributed by atoms with Gasteiger partial charge in [-0.3, -0.25) is 14.4 Å². The van der Waals surface area contributed by atoms with E-state index in [1.807, 2.05) is 0 Å². The lowest BCUT2D eigenvalue weighted by molar-refractivity contribution is 0.0818. The predicted molar refractivity (Wildman–Crippen MR) is 89.3 cm³/mol. The standard InChI is InChI=1S/C17H16N2O5S/c1-9-15(11(3)20)10(2)18-16(9)13(21)8-19-17(22)12-6-4-5-7-14(12)25(19,23)24/h4-7,18H,8H2,1-3H3. The van der Waals surface area contributed by atoms with Crippen molar-refractivity contribution in [3.8, 4) is 0 Å². The van der Waals surface area contributed by atoms with Crippen molar-refractivity contribution >= 4 is 27.5 Å². The van der Waals surface area contributed by atoms with Crippen LogP contribution in [0.5, 0.6) is 0 Å². The molecule has 0 fully saturated rings. The van der Waals surface area contributed by atoms with Crippen LogP contribution in [0.25, 0.3) is 0 Å². The number of nitrogens with zero attached hydrogens (tertiary/aromatic N) is 1. The van der Waals surface area contributed by atoms with E-state index < -0.39 is 28.3 Å². The molecule has 1 aromatic carbocycles. The van der Waals surface area contributed by atoms with E-state index in [1.54, 1.807) is 19.9 Å². The Morgan fingerprint density at radius 2 is 1.80 bits per heavy atom. The zero-order valence-corrected chi connectivity index (χ0v) is 14.7. The molecule has 7 nitrogen and oxygen atoms in total. The molecule has 2 aromatic rings. The van der Waals surface area contributed by atoms with E-state index in [0.29, 0.717) is 21.1 Å². The number of sulfonamides is 1. The van der Waals surface area contributed by atoms with Crippen LogP contribution in [0.1, 0.15) is 49.4 Å². The summed E-state index contributed by atoms with van der Waals surface area (Å²) in [6.45, 7) is 4.05. The number of Topliss-reactive ketones (excluding diaryl/α,β-unsaturated/α-hetero) is 2. The molecule has 0 bridgehead atoms. The Kier molecular flexibility index (Phi) is 3.87. The van der Waals surface area contributed by atoms with Gasteiger partial charge in [0.1, 0.15) is 11.4 Å². The molecule has 130 valence electrons. The molecule has 1 aliphatic rings. The van der Waals surface area contributed by atoms with Crippen LogP contribution in [0, 0.1) is 13.8 Å². The molecule has 3 rings (SSSR count). The number of benzene rings is 1. The van der Waals surface area contributed by atoms with Crippen LogP contribution in [0.3, 0.4) is 0 Å².